The van der Waals surface area contributed by atoms with Gasteiger partial charge in [0.05, 0.1) is 47.4 Å². The molecule has 1 aromatic rings. The van der Waals surface area contributed by atoms with Gasteiger partial charge in [0.25, 0.3) is 0 Å². The number of ether oxygens (including phenoxy) is 3. The third kappa shape index (κ3) is 5.45. The van der Waals surface area contributed by atoms with Gasteiger partial charge < -0.3 is 29.3 Å². The highest BCUT2D eigenvalue weighted by molar-refractivity contribution is 8.06. The van der Waals surface area contributed by atoms with Crippen molar-refractivity contribution in [2.75, 3.05) is 13.4 Å². The first kappa shape index (κ1) is 26.2. The molecule has 3 rings (SSSR count). The van der Waals surface area contributed by atoms with E-state index < -0.39 is 30.9 Å². The van der Waals surface area contributed by atoms with Crippen LogP contribution in [-0.4, -0.2) is 63.7 Å². The summed E-state index contributed by atoms with van der Waals surface area (Å²) in [7, 11) is 0. The van der Waals surface area contributed by atoms with Crippen LogP contribution in [0.15, 0.2) is 21.5 Å². The Balaban J connectivity index is 1.73. The van der Waals surface area contributed by atoms with Crippen molar-refractivity contribution < 1.29 is 38.8 Å². The summed E-state index contributed by atoms with van der Waals surface area (Å²) in [4.78, 5) is 44.0. The number of hydrogen-bond acceptors (Lipinski definition) is 11. The fourth-order valence-electron chi connectivity index (χ4n) is 3.91. The van der Waals surface area contributed by atoms with E-state index >= 15 is 0 Å². The van der Waals surface area contributed by atoms with Gasteiger partial charge in [0.1, 0.15) is 5.70 Å². The van der Waals surface area contributed by atoms with Crippen LogP contribution in [0, 0.1) is 11.8 Å². The number of rotatable bonds is 11. The van der Waals surface area contributed by atoms with Gasteiger partial charge in [-0.2, -0.15) is 0 Å². The lowest BCUT2D eigenvalue weighted by Crippen LogP contribution is -2.63. The Hall–Kier alpha value is -2.41. The van der Waals surface area contributed by atoms with Crippen molar-refractivity contribution in [3.63, 3.8) is 0 Å². The van der Waals surface area contributed by atoms with Crippen molar-refractivity contribution in [3.8, 4) is 0 Å². The molecule has 12 heteroatoms. The summed E-state index contributed by atoms with van der Waals surface area (Å²) >= 11 is 2.62. The zero-order chi connectivity index (χ0) is 24.8. The average molecular weight is 513 g/mol. The molecule has 4 atom stereocenters. The molecule has 2 aliphatic rings. The van der Waals surface area contributed by atoms with Crippen LogP contribution >= 0.6 is 23.1 Å². The van der Waals surface area contributed by atoms with E-state index in [1.54, 1.807) is 23.9 Å². The Labute approximate surface area is 205 Å². The van der Waals surface area contributed by atoms with E-state index in [9.17, 15) is 24.6 Å². The smallest absolute Gasteiger partial charge is 0.434 e. The monoisotopic (exact) mass is 512 g/mol. The molecule has 0 bridgehead atoms. The number of hydrogen-bond donors (Lipinski definition) is 2. The molecule has 0 radical (unpaired) electrons. The van der Waals surface area contributed by atoms with Gasteiger partial charge in [-0.15, -0.1) is 11.3 Å². The minimum Gasteiger partial charge on any atom is -0.434 e. The van der Waals surface area contributed by atoms with Gasteiger partial charge in [0.15, 0.2) is 0 Å². The van der Waals surface area contributed by atoms with Gasteiger partial charge in [0.2, 0.25) is 12.7 Å². The summed E-state index contributed by atoms with van der Waals surface area (Å²) in [6.45, 7) is 4.75. The molecular weight excluding hydrogens is 484 g/mol. The predicted molar refractivity (Wildman–Crippen MR) is 125 cm³/mol. The summed E-state index contributed by atoms with van der Waals surface area (Å²) in [5, 5.41) is 21.2. The van der Waals surface area contributed by atoms with E-state index in [0.29, 0.717) is 17.0 Å². The molecule has 0 saturated carbocycles. The van der Waals surface area contributed by atoms with Gasteiger partial charge in [-0.1, -0.05) is 32.0 Å². The number of fused-ring (bicyclic) bond motifs is 1. The number of aliphatic hydroxyl groups excluding tert-OH is 2. The fourth-order valence-corrected chi connectivity index (χ4v) is 5.69. The van der Waals surface area contributed by atoms with Crippen molar-refractivity contribution in [1.82, 2.24) is 9.88 Å². The highest BCUT2D eigenvalue weighted by Gasteiger charge is 2.60. The third-order valence-corrected chi connectivity index (χ3v) is 7.55. The SMILES string of the molecule is CCCCOC(=O)OCOC(=O)C1=C(S/C=C\c2scnc2CO)[C@H](C)[C@@H]2[C@@H]([C@@H](C)O)C(=O)N12. The topological polar surface area (TPSA) is 135 Å². The molecule has 2 N–H and O–H groups in total. The van der Waals surface area contributed by atoms with Crippen LogP contribution in [0.5, 0.6) is 0 Å². The third-order valence-electron chi connectivity index (χ3n) is 5.62. The largest absolute Gasteiger partial charge is 0.511 e. The molecule has 3 heterocycles. The standard InChI is InChI=1S/C22H28N2O8S2/c1-4-5-7-30-22(29)32-11-31-21(28)18-19(33-8-6-15-14(9-25)23-10-34-15)12(2)17-16(13(3)26)20(27)24(17)18/h6,8,10,12-13,16-17,25-26H,4-5,7,9,11H2,1-3H3/b8-6-/t12-,13-,16-,17-/m1/s1. The number of thiazole rings is 1. The van der Waals surface area contributed by atoms with Gasteiger partial charge in [-0.3, -0.25) is 4.79 Å². The molecule has 0 aliphatic carbocycles. The van der Waals surface area contributed by atoms with Crippen molar-refractivity contribution in [2.45, 2.75) is 52.4 Å². The quantitative estimate of drug-likeness (QED) is 0.197. The Kier molecular flexibility index (Phi) is 9.11. The van der Waals surface area contributed by atoms with E-state index in [1.165, 1.54) is 28.0 Å². The minimum absolute atomic E-state index is 0.0729. The van der Waals surface area contributed by atoms with Crippen LogP contribution < -0.4 is 0 Å². The van der Waals surface area contributed by atoms with Gasteiger partial charge in [-0.25, -0.2) is 14.6 Å². The van der Waals surface area contributed by atoms with Gasteiger partial charge in [-0.05, 0) is 24.8 Å². The fraction of sp³-hybridized carbons (Fsp3) is 0.545. The number of carbonyl (C=O) groups is 3. The van der Waals surface area contributed by atoms with Crippen LogP contribution in [0.25, 0.3) is 6.08 Å². The predicted octanol–water partition coefficient (Wildman–Crippen LogP) is 2.86. The number of unbranched alkanes of at least 4 members (excludes halogenated alkanes) is 1. The summed E-state index contributed by atoms with van der Waals surface area (Å²) in [5.41, 5.74) is 2.25. The maximum atomic E-state index is 12.9. The van der Waals surface area contributed by atoms with Crippen molar-refractivity contribution in [3.05, 3.63) is 32.1 Å². The molecule has 34 heavy (non-hydrogen) atoms. The molecule has 10 nitrogen and oxygen atoms in total. The first-order valence-electron chi connectivity index (χ1n) is 10.9. The van der Waals surface area contributed by atoms with E-state index in [1.807, 2.05) is 13.8 Å². The van der Waals surface area contributed by atoms with E-state index in [-0.39, 0.29) is 36.8 Å². The normalized spacial score (nSPS) is 22.6. The van der Waals surface area contributed by atoms with Crippen LogP contribution in [0.3, 0.4) is 0 Å². The number of nitrogens with zero attached hydrogens (tertiary/aromatic N) is 2. The zero-order valence-corrected chi connectivity index (χ0v) is 20.8. The van der Waals surface area contributed by atoms with E-state index in [0.717, 1.165) is 11.3 Å². The lowest BCUT2D eigenvalue weighted by atomic mass is 9.79. The average Bonchev–Trinajstić information content (AvgIpc) is 3.34. The number of thioether (sulfide) groups is 1. The Bertz CT molecular complexity index is 974. The maximum absolute atomic E-state index is 12.9. The summed E-state index contributed by atoms with van der Waals surface area (Å²) < 4.78 is 14.7. The highest BCUT2D eigenvalue weighted by Crippen LogP contribution is 2.51. The summed E-state index contributed by atoms with van der Waals surface area (Å²) in [6.07, 6.45) is 1.52. The molecule has 2 aliphatic heterocycles. The van der Waals surface area contributed by atoms with Crippen LogP contribution in [-0.2, 0) is 30.4 Å². The molecule has 1 aromatic heterocycles. The number of esters is 1. The van der Waals surface area contributed by atoms with Crippen molar-refractivity contribution in [1.29, 1.82) is 0 Å². The lowest BCUT2D eigenvalue weighted by Gasteiger charge is -2.46. The Morgan fingerprint density at radius 3 is 2.79 bits per heavy atom. The van der Waals surface area contributed by atoms with Gasteiger partial charge in [0, 0.05) is 10.8 Å². The number of β-lactam (4-membered cyclic amide) rings is 1. The Morgan fingerprint density at radius 2 is 2.12 bits per heavy atom. The molecule has 186 valence electrons. The second-order valence-corrected chi connectivity index (χ2v) is 9.69. The highest BCUT2D eigenvalue weighted by atomic mass is 32.2. The Morgan fingerprint density at radius 1 is 1.35 bits per heavy atom. The molecule has 1 amide bonds. The first-order chi connectivity index (χ1) is 16.3. The zero-order valence-electron chi connectivity index (χ0n) is 19.1. The van der Waals surface area contributed by atoms with Crippen LogP contribution in [0.2, 0.25) is 0 Å². The van der Waals surface area contributed by atoms with Crippen LogP contribution in [0.1, 0.15) is 44.2 Å². The van der Waals surface area contributed by atoms with E-state index in [4.69, 9.17) is 14.2 Å². The van der Waals surface area contributed by atoms with Crippen LogP contribution in [0.4, 0.5) is 4.79 Å². The second kappa shape index (κ2) is 11.8. The maximum Gasteiger partial charge on any atom is 0.511 e. The lowest BCUT2D eigenvalue weighted by molar-refractivity contribution is -0.166. The second-order valence-electron chi connectivity index (χ2n) is 7.85. The first-order valence-corrected chi connectivity index (χ1v) is 12.7. The molecule has 0 aromatic carbocycles. The number of aromatic nitrogens is 1. The minimum atomic E-state index is -0.941. The molecular formula is C22H28N2O8S2. The summed E-state index contributed by atoms with van der Waals surface area (Å²) in [5.74, 6) is -2.01. The number of aliphatic hydroxyl groups is 2. The van der Waals surface area contributed by atoms with Crippen molar-refractivity contribution in [2.24, 2.45) is 11.8 Å². The molecule has 0 unspecified atom stereocenters. The summed E-state index contributed by atoms with van der Waals surface area (Å²) in [6, 6.07) is -0.373. The number of carbonyl (C=O) groups excluding carboxylic acids is 3. The number of amides is 1. The van der Waals surface area contributed by atoms with Gasteiger partial charge >= 0.3 is 12.1 Å². The van der Waals surface area contributed by atoms with Crippen molar-refractivity contribution >= 4 is 47.2 Å². The van der Waals surface area contributed by atoms with E-state index in [2.05, 4.69) is 4.98 Å². The molecule has 1 saturated heterocycles. The molecule has 0 spiro atoms. The molecule has 1 fully saturated rings.